The highest BCUT2D eigenvalue weighted by Gasteiger charge is 2.46. The molecule has 3 heterocycles. The van der Waals surface area contributed by atoms with Crippen molar-refractivity contribution in [2.75, 3.05) is 6.54 Å². The van der Waals surface area contributed by atoms with Crippen LogP contribution in [0.3, 0.4) is 0 Å². The van der Waals surface area contributed by atoms with E-state index in [2.05, 4.69) is 42.5 Å². The normalized spacial score (nSPS) is 19.2. The van der Waals surface area contributed by atoms with Gasteiger partial charge in [0.25, 0.3) is 5.91 Å². The molecular weight excluding hydrogens is 507 g/mol. The van der Waals surface area contributed by atoms with Crippen LogP contribution in [0.25, 0.3) is 0 Å². The zero-order chi connectivity index (χ0) is 28.3. The first-order valence-corrected chi connectivity index (χ1v) is 14.1. The lowest BCUT2D eigenvalue weighted by molar-refractivity contribution is -0.0421. The molecule has 0 unspecified atom stereocenters. The van der Waals surface area contributed by atoms with Crippen molar-refractivity contribution in [1.82, 2.24) is 20.6 Å². The lowest BCUT2D eigenvalue weighted by Crippen LogP contribution is -2.52. The number of benzene rings is 1. The minimum absolute atomic E-state index is 0.0446. The maximum absolute atomic E-state index is 14.3. The number of carbonyl (C=O) groups excluding carboxylic acids is 1. The highest BCUT2D eigenvalue weighted by Crippen LogP contribution is 2.48. The third kappa shape index (κ3) is 6.67. The van der Waals surface area contributed by atoms with E-state index in [0.29, 0.717) is 12.3 Å². The third-order valence-corrected chi connectivity index (χ3v) is 7.87. The number of fused-ring (bicyclic) bond motifs is 1. The van der Waals surface area contributed by atoms with Gasteiger partial charge in [0.2, 0.25) is 5.88 Å². The second kappa shape index (κ2) is 11.6. The molecule has 7 nitrogen and oxygen atoms in total. The number of aliphatic hydroxyl groups excluding tert-OH is 1. The number of amides is 1. The molecule has 0 bridgehead atoms. The van der Waals surface area contributed by atoms with Crippen molar-refractivity contribution in [1.29, 1.82) is 0 Å². The van der Waals surface area contributed by atoms with E-state index in [1.165, 1.54) is 12.3 Å². The van der Waals surface area contributed by atoms with E-state index in [-0.39, 0.29) is 29.2 Å². The van der Waals surface area contributed by atoms with Gasteiger partial charge in [0, 0.05) is 37.0 Å². The Morgan fingerprint density at radius 1 is 1.18 bits per heavy atom. The molecule has 1 aliphatic carbocycles. The highest BCUT2D eigenvalue weighted by atomic mass is 19.1. The predicted molar refractivity (Wildman–Crippen MR) is 152 cm³/mol. The van der Waals surface area contributed by atoms with Gasteiger partial charge in [0.1, 0.15) is 5.60 Å². The Bertz CT molecular complexity index is 1320. The molecule has 3 atom stereocenters. The number of rotatable bonds is 9. The summed E-state index contributed by atoms with van der Waals surface area (Å²) in [7, 11) is 0. The molecular formula is C32H39FN4O3. The van der Waals surface area contributed by atoms with Crippen LogP contribution in [-0.2, 0) is 12.8 Å². The Labute approximate surface area is 235 Å². The van der Waals surface area contributed by atoms with E-state index in [0.717, 1.165) is 55.0 Å². The van der Waals surface area contributed by atoms with Crippen molar-refractivity contribution < 1.29 is 19.0 Å². The fourth-order valence-electron chi connectivity index (χ4n) is 5.71. The molecule has 1 aromatic carbocycles. The molecule has 2 aromatic heterocycles. The standard InChI is InChI=1S/C32H39FN4O3/c1-31(2,3)16-22-14-24-27(17-32(11-7-12-32)40-30(24)36-18-22)35-20-28(38)26(15-21-8-5-4-6-9-21)37-29(39)23-10-13-34-19-25(23)33/h4-6,8-10,13-14,18-19,26-28,35,38H,7,11-12,15-17,20H2,1-3H3,(H,37,39)/t26-,27-,28+/m0/s1. The molecule has 1 amide bonds. The van der Waals surface area contributed by atoms with Crippen LogP contribution in [0.1, 0.15) is 79.5 Å². The fourth-order valence-corrected chi connectivity index (χ4v) is 5.71. The van der Waals surface area contributed by atoms with Crippen molar-refractivity contribution in [2.45, 2.75) is 83.1 Å². The zero-order valence-electron chi connectivity index (χ0n) is 23.5. The van der Waals surface area contributed by atoms with E-state index in [1.807, 2.05) is 36.5 Å². The topological polar surface area (TPSA) is 96.4 Å². The summed E-state index contributed by atoms with van der Waals surface area (Å²) < 4.78 is 20.7. The monoisotopic (exact) mass is 546 g/mol. The minimum Gasteiger partial charge on any atom is -0.471 e. The summed E-state index contributed by atoms with van der Waals surface area (Å²) in [6, 6.07) is 12.5. The summed E-state index contributed by atoms with van der Waals surface area (Å²) in [5, 5.41) is 17.8. The van der Waals surface area contributed by atoms with Crippen molar-refractivity contribution in [3.8, 4) is 5.88 Å². The largest absolute Gasteiger partial charge is 0.471 e. The van der Waals surface area contributed by atoms with Gasteiger partial charge in [0.05, 0.1) is 23.9 Å². The number of pyridine rings is 2. The van der Waals surface area contributed by atoms with E-state index in [4.69, 9.17) is 9.72 Å². The van der Waals surface area contributed by atoms with Gasteiger partial charge >= 0.3 is 0 Å². The Hall–Kier alpha value is -3.36. The molecule has 212 valence electrons. The average molecular weight is 547 g/mol. The number of aromatic nitrogens is 2. The SMILES string of the molecule is CC(C)(C)Cc1cnc2c(c1)[C@@H](NC[C@@H](O)[C@H](Cc1ccccc1)NC(=O)c1ccncc1F)CC1(CCC1)O2. The number of hydrogen-bond acceptors (Lipinski definition) is 6. The van der Waals surface area contributed by atoms with E-state index in [9.17, 15) is 14.3 Å². The number of ether oxygens (including phenoxy) is 1. The Morgan fingerprint density at radius 2 is 1.95 bits per heavy atom. The van der Waals surface area contributed by atoms with Gasteiger partial charge in [-0.05, 0) is 60.8 Å². The molecule has 2 aliphatic rings. The Balaban J connectivity index is 1.34. The molecule has 3 N–H and O–H groups in total. The number of nitrogens with one attached hydrogen (secondary N) is 2. The van der Waals surface area contributed by atoms with Crippen LogP contribution in [-0.4, -0.2) is 45.3 Å². The van der Waals surface area contributed by atoms with Crippen LogP contribution in [0.2, 0.25) is 0 Å². The number of aliphatic hydroxyl groups is 1. The molecule has 1 aliphatic heterocycles. The van der Waals surface area contributed by atoms with Gasteiger partial charge in [-0.15, -0.1) is 0 Å². The Morgan fingerprint density at radius 3 is 2.62 bits per heavy atom. The summed E-state index contributed by atoms with van der Waals surface area (Å²) in [6.45, 7) is 6.85. The maximum Gasteiger partial charge on any atom is 0.254 e. The van der Waals surface area contributed by atoms with E-state index >= 15 is 0 Å². The first-order valence-electron chi connectivity index (χ1n) is 14.1. The molecule has 3 aromatic rings. The van der Waals surface area contributed by atoms with Crippen molar-refractivity contribution >= 4 is 5.91 Å². The third-order valence-electron chi connectivity index (χ3n) is 7.87. The van der Waals surface area contributed by atoms with Gasteiger partial charge in [0.15, 0.2) is 5.82 Å². The lowest BCUT2D eigenvalue weighted by Gasteiger charge is -2.47. The molecule has 5 rings (SSSR count). The first kappa shape index (κ1) is 28.2. The zero-order valence-corrected chi connectivity index (χ0v) is 23.5. The van der Waals surface area contributed by atoms with Crippen LogP contribution in [0.5, 0.6) is 5.88 Å². The van der Waals surface area contributed by atoms with Crippen LogP contribution in [0.15, 0.2) is 61.1 Å². The number of nitrogens with zero attached hydrogens (tertiary/aromatic N) is 2. The van der Waals surface area contributed by atoms with Crippen LogP contribution in [0.4, 0.5) is 4.39 Å². The van der Waals surface area contributed by atoms with Crippen LogP contribution >= 0.6 is 0 Å². The molecule has 1 fully saturated rings. The number of carbonyl (C=O) groups is 1. The quantitative estimate of drug-likeness (QED) is 0.352. The van der Waals surface area contributed by atoms with Gasteiger partial charge in [-0.2, -0.15) is 0 Å². The lowest BCUT2D eigenvalue weighted by atomic mass is 9.73. The van der Waals surface area contributed by atoms with Crippen LogP contribution in [0, 0.1) is 11.2 Å². The van der Waals surface area contributed by atoms with Gasteiger partial charge in [-0.1, -0.05) is 51.1 Å². The minimum atomic E-state index is -0.927. The van der Waals surface area contributed by atoms with Gasteiger partial charge < -0.3 is 20.5 Å². The summed E-state index contributed by atoms with van der Waals surface area (Å²) in [6.07, 6.45) is 8.57. The average Bonchev–Trinajstić information content (AvgIpc) is 2.90. The molecule has 0 saturated heterocycles. The molecule has 8 heteroatoms. The molecule has 1 spiro atoms. The second-order valence-corrected chi connectivity index (χ2v) is 12.5. The summed E-state index contributed by atoms with van der Waals surface area (Å²) in [5.74, 6) is -0.618. The van der Waals surface area contributed by atoms with E-state index < -0.39 is 23.9 Å². The molecule has 40 heavy (non-hydrogen) atoms. The maximum atomic E-state index is 14.3. The molecule has 0 radical (unpaired) electrons. The van der Waals surface area contributed by atoms with E-state index in [1.54, 1.807) is 0 Å². The summed E-state index contributed by atoms with van der Waals surface area (Å²) in [5.41, 5.74) is 2.93. The van der Waals surface area contributed by atoms with Gasteiger partial charge in [-0.25, -0.2) is 9.37 Å². The summed E-state index contributed by atoms with van der Waals surface area (Å²) >= 11 is 0. The first-order chi connectivity index (χ1) is 19.1. The second-order valence-electron chi connectivity index (χ2n) is 12.5. The molecule has 1 saturated carbocycles. The van der Waals surface area contributed by atoms with Crippen molar-refractivity contribution in [3.63, 3.8) is 0 Å². The van der Waals surface area contributed by atoms with Crippen LogP contribution < -0.4 is 15.4 Å². The van der Waals surface area contributed by atoms with Crippen molar-refractivity contribution in [3.05, 3.63) is 89.1 Å². The van der Waals surface area contributed by atoms with Crippen molar-refractivity contribution in [2.24, 2.45) is 5.41 Å². The smallest absolute Gasteiger partial charge is 0.254 e. The summed E-state index contributed by atoms with van der Waals surface area (Å²) in [4.78, 5) is 21.4. The fraction of sp³-hybridized carbons (Fsp3) is 0.469. The van der Waals surface area contributed by atoms with Gasteiger partial charge in [-0.3, -0.25) is 9.78 Å². The Kier molecular flexibility index (Phi) is 8.19. The highest BCUT2D eigenvalue weighted by molar-refractivity contribution is 5.94. The number of halogens is 1. The number of hydrogen-bond donors (Lipinski definition) is 3. The predicted octanol–water partition coefficient (Wildman–Crippen LogP) is 4.94.